The third-order valence-electron chi connectivity index (χ3n) is 10.9. The summed E-state index contributed by atoms with van der Waals surface area (Å²) in [6, 6.07) is 19.6. The number of allylic oxidation sites excluding steroid dienone is 2. The SMILES string of the molecule is O=C(c1ccccc1)c1ccc(N2C(=O)C3CC=C4C(CC5(Cl)C(=O)N(c6c(F)c(F)c(F)c(F)c6F)C(=O)C5(Cl)C4c4ccccc4O)C3C2=O)cc1. The predicted molar refractivity (Wildman–Crippen MR) is 183 cm³/mol. The second kappa shape index (κ2) is 12.3. The Kier molecular flexibility index (Phi) is 8.13. The summed E-state index contributed by atoms with van der Waals surface area (Å²) in [7, 11) is 0. The van der Waals surface area contributed by atoms with Crippen LogP contribution in [0.25, 0.3) is 0 Å². The third-order valence-corrected chi connectivity index (χ3v) is 12.3. The number of carbonyl (C=O) groups excluding carboxylic acids is 5. The number of hydrogen-bond donors (Lipinski definition) is 1. The molecule has 8 nitrogen and oxygen atoms in total. The minimum atomic E-state index is -2.76. The summed E-state index contributed by atoms with van der Waals surface area (Å²) >= 11 is 14.2. The van der Waals surface area contributed by atoms with E-state index in [2.05, 4.69) is 0 Å². The van der Waals surface area contributed by atoms with Crippen LogP contribution in [0.2, 0.25) is 0 Å². The van der Waals surface area contributed by atoms with Gasteiger partial charge in [0.05, 0.1) is 17.5 Å². The molecule has 6 unspecified atom stereocenters. The number of nitrogens with zero attached hydrogens (tertiary/aromatic N) is 2. The summed E-state index contributed by atoms with van der Waals surface area (Å²) in [6.45, 7) is 0. The van der Waals surface area contributed by atoms with Crippen LogP contribution < -0.4 is 9.80 Å². The van der Waals surface area contributed by atoms with E-state index in [1.54, 1.807) is 30.3 Å². The predicted octanol–water partition coefficient (Wildman–Crippen LogP) is 7.09. The highest BCUT2D eigenvalue weighted by Gasteiger charge is 2.77. The maximum atomic E-state index is 15.2. The molecule has 54 heavy (non-hydrogen) atoms. The normalized spacial score (nSPS) is 27.5. The van der Waals surface area contributed by atoms with Gasteiger partial charge in [0, 0.05) is 22.6 Å². The first-order chi connectivity index (χ1) is 25.6. The van der Waals surface area contributed by atoms with Gasteiger partial charge in [-0.1, -0.05) is 60.2 Å². The van der Waals surface area contributed by atoms with Gasteiger partial charge in [-0.3, -0.25) is 28.9 Å². The lowest BCUT2D eigenvalue weighted by molar-refractivity contribution is -0.125. The maximum absolute atomic E-state index is 15.2. The molecule has 2 aliphatic carbocycles. The van der Waals surface area contributed by atoms with E-state index < -0.39 is 104 Å². The zero-order chi connectivity index (χ0) is 38.6. The van der Waals surface area contributed by atoms with E-state index in [1.165, 1.54) is 54.6 Å². The average Bonchev–Trinajstić information content (AvgIpc) is 3.51. The molecule has 2 aliphatic heterocycles. The maximum Gasteiger partial charge on any atom is 0.258 e. The number of halogens is 7. The summed E-state index contributed by atoms with van der Waals surface area (Å²) in [5, 5.41) is 11.1. The number of carbonyl (C=O) groups is 5. The van der Waals surface area contributed by atoms with Gasteiger partial charge in [0.15, 0.2) is 38.8 Å². The molecule has 2 heterocycles. The zero-order valence-corrected chi connectivity index (χ0v) is 28.8. The Morgan fingerprint density at radius 3 is 1.89 bits per heavy atom. The van der Waals surface area contributed by atoms with E-state index in [0.717, 1.165) is 4.90 Å². The molecule has 4 aromatic carbocycles. The number of imide groups is 2. The molecule has 274 valence electrons. The summed E-state index contributed by atoms with van der Waals surface area (Å²) in [4.78, 5) is 65.1. The van der Waals surface area contributed by atoms with Crippen molar-refractivity contribution in [3.05, 3.63) is 136 Å². The minimum absolute atomic E-state index is 0.0853. The van der Waals surface area contributed by atoms with Crippen molar-refractivity contribution in [1.29, 1.82) is 0 Å². The monoisotopic (exact) mass is 780 g/mol. The van der Waals surface area contributed by atoms with Crippen LogP contribution in [0.3, 0.4) is 0 Å². The number of phenolic OH excluding ortho intramolecular Hbond substituents is 1. The first-order valence-corrected chi connectivity index (χ1v) is 17.2. The van der Waals surface area contributed by atoms with Gasteiger partial charge in [0.1, 0.15) is 11.4 Å². The zero-order valence-electron chi connectivity index (χ0n) is 27.3. The van der Waals surface area contributed by atoms with Gasteiger partial charge in [0.25, 0.3) is 11.8 Å². The number of hydrogen-bond acceptors (Lipinski definition) is 6. The van der Waals surface area contributed by atoms with Crippen LogP contribution in [0.5, 0.6) is 5.75 Å². The number of para-hydroxylation sites is 1. The lowest BCUT2D eigenvalue weighted by Crippen LogP contribution is -2.60. The molecule has 0 aromatic heterocycles. The fraction of sp³-hybridized carbons (Fsp3) is 0.205. The number of benzene rings is 4. The first kappa shape index (κ1) is 35.6. The van der Waals surface area contributed by atoms with Gasteiger partial charge in [-0.2, -0.15) is 0 Å². The van der Waals surface area contributed by atoms with E-state index in [4.69, 9.17) is 23.2 Å². The van der Waals surface area contributed by atoms with Gasteiger partial charge in [-0.05, 0) is 49.1 Å². The highest BCUT2D eigenvalue weighted by molar-refractivity contribution is 6.58. The molecular weight excluding hydrogens is 758 g/mol. The van der Waals surface area contributed by atoms with Crippen LogP contribution in [-0.4, -0.2) is 44.3 Å². The Bertz CT molecular complexity index is 2370. The van der Waals surface area contributed by atoms with Crippen molar-refractivity contribution in [2.75, 3.05) is 9.80 Å². The highest BCUT2D eigenvalue weighted by atomic mass is 35.5. The van der Waals surface area contributed by atoms with Crippen molar-refractivity contribution in [1.82, 2.24) is 0 Å². The Morgan fingerprint density at radius 2 is 1.26 bits per heavy atom. The minimum Gasteiger partial charge on any atom is -0.508 e. The molecule has 8 rings (SSSR count). The molecule has 2 saturated heterocycles. The van der Waals surface area contributed by atoms with Gasteiger partial charge in [0.2, 0.25) is 17.6 Å². The summed E-state index contributed by atoms with van der Waals surface area (Å²) in [5.41, 5.74) is -0.961. The topological polar surface area (TPSA) is 112 Å². The second-order valence-electron chi connectivity index (χ2n) is 13.5. The first-order valence-electron chi connectivity index (χ1n) is 16.5. The Balaban J connectivity index is 1.23. The Hall–Kier alpha value is -5.40. The highest BCUT2D eigenvalue weighted by Crippen LogP contribution is 2.66. The number of aromatic hydroxyl groups is 1. The van der Waals surface area contributed by atoms with Gasteiger partial charge < -0.3 is 5.11 Å². The fourth-order valence-corrected chi connectivity index (χ4v) is 9.34. The van der Waals surface area contributed by atoms with Crippen LogP contribution in [0.4, 0.5) is 33.3 Å². The van der Waals surface area contributed by atoms with E-state index in [-0.39, 0.29) is 39.5 Å². The smallest absolute Gasteiger partial charge is 0.258 e. The quantitative estimate of drug-likeness (QED) is 0.0441. The summed E-state index contributed by atoms with van der Waals surface area (Å²) < 4.78 is 73.4. The molecular formula is C39H23Cl2F5N2O6. The fourth-order valence-electron chi connectivity index (χ4n) is 8.42. The Morgan fingerprint density at radius 1 is 0.685 bits per heavy atom. The van der Waals surface area contributed by atoms with Crippen molar-refractivity contribution in [3.8, 4) is 5.75 Å². The van der Waals surface area contributed by atoms with Crippen molar-refractivity contribution < 1.29 is 51.0 Å². The lowest BCUT2D eigenvalue weighted by Gasteiger charge is -2.50. The lowest BCUT2D eigenvalue weighted by atomic mass is 9.56. The molecule has 4 aromatic rings. The van der Waals surface area contributed by atoms with Crippen molar-refractivity contribution >= 4 is 64.0 Å². The van der Waals surface area contributed by atoms with Crippen molar-refractivity contribution in [2.45, 2.75) is 28.5 Å². The van der Waals surface area contributed by atoms with Gasteiger partial charge in [-0.15, -0.1) is 23.2 Å². The summed E-state index contributed by atoms with van der Waals surface area (Å²) in [5.74, 6) is -22.8. The van der Waals surface area contributed by atoms with E-state index in [9.17, 15) is 42.3 Å². The Labute approximate surface area is 312 Å². The van der Waals surface area contributed by atoms with Crippen molar-refractivity contribution in [2.24, 2.45) is 17.8 Å². The van der Waals surface area contributed by atoms with Crippen LogP contribution in [0, 0.1) is 46.8 Å². The number of phenols is 1. The van der Waals surface area contributed by atoms with E-state index >= 15 is 8.78 Å². The molecule has 15 heteroatoms. The molecule has 1 saturated carbocycles. The molecule has 4 aliphatic rings. The average molecular weight is 782 g/mol. The van der Waals surface area contributed by atoms with Crippen molar-refractivity contribution in [3.63, 3.8) is 0 Å². The van der Waals surface area contributed by atoms with Gasteiger partial charge in [-0.25, -0.2) is 26.9 Å². The number of ketones is 1. The van der Waals surface area contributed by atoms with Crippen LogP contribution in [-0.2, 0) is 19.2 Å². The molecule has 0 radical (unpaired) electrons. The van der Waals surface area contributed by atoms with E-state index in [1.807, 2.05) is 0 Å². The summed E-state index contributed by atoms with van der Waals surface area (Å²) in [6.07, 6.45) is 0.750. The molecule has 4 amide bonds. The van der Waals surface area contributed by atoms with Crippen LogP contribution >= 0.6 is 23.2 Å². The third kappa shape index (κ3) is 4.63. The second-order valence-corrected chi connectivity index (χ2v) is 14.7. The molecule has 1 N–H and O–H groups in total. The standard InChI is InChI=1S/C39H23Cl2F5N2O6/c40-38-16-23-20(14-15-22-25(23)35(52)47(34(22)51)19-12-10-18(11-13-19)33(50)17-6-2-1-3-7-17)26(21-8-4-5-9-24(21)49)39(38,41)37(54)48(36(38)53)32-30(45)28(43)27(42)29(44)31(32)46/h1-14,22-23,25-26,49H,15-16H2. The molecule has 3 fully saturated rings. The molecule has 0 spiro atoms. The number of amides is 4. The number of anilines is 2. The number of fused-ring (bicyclic) bond motifs is 4. The van der Waals surface area contributed by atoms with Crippen LogP contribution in [0.15, 0.2) is 90.5 Å². The van der Waals surface area contributed by atoms with Crippen LogP contribution in [0.1, 0.15) is 40.2 Å². The number of rotatable bonds is 5. The molecule has 6 atom stereocenters. The van der Waals surface area contributed by atoms with Gasteiger partial charge >= 0.3 is 0 Å². The largest absolute Gasteiger partial charge is 0.508 e. The number of alkyl halides is 2. The molecule has 0 bridgehead atoms. The van der Waals surface area contributed by atoms with E-state index in [0.29, 0.717) is 5.56 Å².